The average molecular weight is 408 g/mol. The van der Waals surface area contributed by atoms with Gasteiger partial charge >= 0.3 is 5.97 Å². The van der Waals surface area contributed by atoms with Crippen LogP contribution in [0.4, 0.5) is 5.69 Å². The van der Waals surface area contributed by atoms with E-state index in [1.54, 1.807) is 11.8 Å². The minimum atomic E-state index is -0.944. The van der Waals surface area contributed by atoms with Gasteiger partial charge in [0.15, 0.2) is 6.10 Å². The Labute approximate surface area is 177 Å². The fraction of sp³-hybridized carbons (Fsp3) is 0.375. The van der Waals surface area contributed by atoms with Crippen molar-refractivity contribution in [3.63, 3.8) is 0 Å². The molecule has 3 rings (SSSR count). The van der Waals surface area contributed by atoms with Crippen LogP contribution < -0.4 is 5.32 Å². The lowest BCUT2D eigenvalue weighted by molar-refractivity contribution is -0.157. The molecule has 1 heterocycles. The normalized spacial score (nSPS) is 17.0. The van der Waals surface area contributed by atoms with Crippen molar-refractivity contribution >= 4 is 23.5 Å². The van der Waals surface area contributed by atoms with E-state index < -0.39 is 18.0 Å². The third-order valence-electron chi connectivity index (χ3n) is 5.41. The van der Waals surface area contributed by atoms with Gasteiger partial charge in [0.25, 0.3) is 5.91 Å². The van der Waals surface area contributed by atoms with Gasteiger partial charge in [0, 0.05) is 25.2 Å². The molecule has 158 valence electrons. The summed E-state index contributed by atoms with van der Waals surface area (Å²) >= 11 is 0. The van der Waals surface area contributed by atoms with E-state index >= 15 is 0 Å². The zero-order valence-electron chi connectivity index (χ0n) is 17.7. The van der Waals surface area contributed by atoms with Gasteiger partial charge in [-0.15, -0.1) is 0 Å². The number of nitrogens with one attached hydrogen (secondary N) is 1. The molecule has 0 radical (unpaired) electrons. The number of likely N-dealkylation sites (tertiary alicyclic amines) is 1. The molecule has 0 saturated carbocycles. The minimum absolute atomic E-state index is 0.0783. The quantitative estimate of drug-likeness (QED) is 0.712. The summed E-state index contributed by atoms with van der Waals surface area (Å²) in [6.07, 6.45) is -0.0508. The van der Waals surface area contributed by atoms with E-state index in [4.69, 9.17) is 4.74 Å². The summed E-state index contributed by atoms with van der Waals surface area (Å²) in [7, 11) is 0. The van der Waals surface area contributed by atoms with E-state index in [0.29, 0.717) is 13.1 Å². The van der Waals surface area contributed by atoms with Gasteiger partial charge < -0.3 is 15.0 Å². The molecule has 2 unspecified atom stereocenters. The fourth-order valence-corrected chi connectivity index (χ4v) is 3.64. The maximum atomic E-state index is 12.6. The van der Waals surface area contributed by atoms with Crippen molar-refractivity contribution in [2.75, 3.05) is 11.9 Å². The average Bonchev–Trinajstić information content (AvgIpc) is 3.10. The van der Waals surface area contributed by atoms with Crippen molar-refractivity contribution in [1.29, 1.82) is 0 Å². The molecule has 6 heteroatoms. The third kappa shape index (κ3) is 5.06. The molecule has 30 heavy (non-hydrogen) atoms. The molecule has 6 nitrogen and oxygen atoms in total. The number of para-hydroxylation sites is 1. The summed E-state index contributed by atoms with van der Waals surface area (Å²) in [6.45, 7) is 6.27. The Kier molecular flexibility index (Phi) is 6.87. The Morgan fingerprint density at radius 2 is 1.90 bits per heavy atom. The largest absolute Gasteiger partial charge is 0.452 e. The smallest absolute Gasteiger partial charge is 0.312 e. The van der Waals surface area contributed by atoms with Crippen LogP contribution in [-0.2, 0) is 32.1 Å². The van der Waals surface area contributed by atoms with E-state index in [0.717, 1.165) is 28.8 Å². The highest BCUT2D eigenvalue weighted by Crippen LogP contribution is 2.23. The van der Waals surface area contributed by atoms with Crippen molar-refractivity contribution < 1.29 is 19.1 Å². The van der Waals surface area contributed by atoms with Crippen LogP contribution in [0.3, 0.4) is 0 Å². The maximum absolute atomic E-state index is 12.6. The first-order chi connectivity index (χ1) is 14.4. The van der Waals surface area contributed by atoms with E-state index in [2.05, 4.69) is 5.32 Å². The lowest BCUT2D eigenvalue weighted by atomic mass is 10.1. The molecule has 1 N–H and O–H groups in total. The molecular formula is C24H28N2O4. The first-order valence-electron chi connectivity index (χ1n) is 10.3. The Morgan fingerprint density at radius 3 is 2.60 bits per heavy atom. The first-order valence-corrected chi connectivity index (χ1v) is 10.3. The van der Waals surface area contributed by atoms with E-state index in [9.17, 15) is 14.4 Å². The zero-order chi connectivity index (χ0) is 21.7. The van der Waals surface area contributed by atoms with E-state index in [1.807, 2.05) is 62.4 Å². The van der Waals surface area contributed by atoms with E-state index in [1.165, 1.54) is 0 Å². The number of amides is 2. The SMILES string of the molecule is CCc1cccc(C)c1NC(=O)C(C)OC(=O)C1CC(=O)N(Cc2ccccc2)C1. The molecule has 1 fully saturated rings. The summed E-state index contributed by atoms with van der Waals surface area (Å²) < 4.78 is 5.40. The van der Waals surface area contributed by atoms with Crippen LogP contribution in [0, 0.1) is 12.8 Å². The molecule has 1 aliphatic rings. The van der Waals surface area contributed by atoms with Crippen molar-refractivity contribution in [2.24, 2.45) is 5.92 Å². The van der Waals surface area contributed by atoms with Crippen LogP contribution in [-0.4, -0.2) is 35.3 Å². The lowest BCUT2D eigenvalue weighted by Crippen LogP contribution is -2.33. The van der Waals surface area contributed by atoms with Gasteiger partial charge in [-0.1, -0.05) is 55.5 Å². The molecule has 1 saturated heterocycles. The first kappa shape index (κ1) is 21.6. The Morgan fingerprint density at radius 1 is 1.17 bits per heavy atom. The highest BCUT2D eigenvalue weighted by molar-refractivity contribution is 5.97. The molecule has 2 atom stereocenters. The second kappa shape index (κ2) is 9.57. The third-order valence-corrected chi connectivity index (χ3v) is 5.41. The molecule has 1 aliphatic heterocycles. The predicted octanol–water partition coefficient (Wildman–Crippen LogP) is 3.48. The van der Waals surface area contributed by atoms with Crippen LogP contribution in [0.1, 0.15) is 37.0 Å². The van der Waals surface area contributed by atoms with Crippen LogP contribution in [0.2, 0.25) is 0 Å². The molecule has 2 aromatic carbocycles. The number of carbonyl (C=O) groups is 3. The molecular weight excluding hydrogens is 380 g/mol. The minimum Gasteiger partial charge on any atom is -0.452 e. The summed E-state index contributed by atoms with van der Waals surface area (Å²) in [5.74, 6) is -1.52. The number of ether oxygens (including phenoxy) is 1. The number of hydrogen-bond acceptors (Lipinski definition) is 4. The highest BCUT2D eigenvalue weighted by Gasteiger charge is 2.36. The topological polar surface area (TPSA) is 75.7 Å². The molecule has 0 aliphatic carbocycles. The summed E-state index contributed by atoms with van der Waals surface area (Å²) in [4.78, 5) is 39.1. The fourth-order valence-electron chi connectivity index (χ4n) is 3.64. The zero-order valence-corrected chi connectivity index (χ0v) is 17.7. The van der Waals surface area contributed by atoms with Crippen molar-refractivity contribution in [1.82, 2.24) is 4.90 Å². The number of rotatable bonds is 7. The van der Waals surface area contributed by atoms with Crippen molar-refractivity contribution in [3.8, 4) is 0 Å². The van der Waals surface area contributed by atoms with Crippen LogP contribution in [0.5, 0.6) is 0 Å². The number of hydrogen-bond donors (Lipinski definition) is 1. The second-order valence-electron chi connectivity index (χ2n) is 7.69. The number of benzene rings is 2. The second-order valence-corrected chi connectivity index (χ2v) is 7.69. The lowest BCUT2D eigenvalue weighted by Gasteiger charge is -2.19. The number of nitrogens with zero attached hydrogens (tertiary/aromatic N) is 1. The van der Waals surface area contributed by atoms with Crippen LogP contribution in [0.25, 0.3) is 0 Å². The van der Waals surface area contributed by atoms with E-state index in [-0.39, 0.29) is 18.2 Å². The van der Waals surface area contributed by atoms with Crippen LogP contribution >= 0.6 is 0 Å². The van der Waals surface area contributed by atoms with Crippen molar-refractivity contribution in [3.05, 3.63) is 65.2 Å². The number of aryl methyl sites for hydroxylation is 2. The Balaban J connectivity index is 1.56. The summed E-state index contributed by atoms with van der Waals surface area (Å²) in [5.41, 5.74) is 3.76. The predicted molar refractivity (Wildman–Crippen MR) is 115 cm³/mol. The monoisotopic (exact) mass is 408 g/mol. The molecule has 2 amide bonds. The Bertz CT molecular complexity index is 926. The highest BCUT2D eigenvalue weighted by atomic mass is 16.5. The van der Waals surface area contributed by atoms with Gasteiger partial charge in [-0.2, -0.15) is 0 Å². The summed E-state index contributed by atoms with van der Waals surface area (Å²) in [5, 5.41) is 2.88. The van der Waals surface area contributed by atoms with Gasteiger partial charge in [0.2, 0.25) is 5.91 Å². The van der Waals surface area contributed by atoms with Crippen molar-refractivity contribution in [2.45, 2.75) is 46.3 Å². The van der Waals surface area contributed by atoms with Gasteiger partial charge in [0.1, 0.15) is 0 Å². The van der Waals surface area contributed by atoms with Gasteiger partial charge in [0.05, 0.1) is 5.92 Å². The Hall–Kier alpha value is -3.15. The van der Waals surface area contributed by atoms with Gasteiger partial charge in [-0.05, 0) is 37.0 Å². The molecule has 0 aromatic heterocycles. The van der Waals surface area contributed by atoms with Crippen LogP contribution in [0.15, 0.2) is 48.5 Å². The molecule has 0 spiro atoms. The molecule has 2 aromatic rings. The number of esters is 1. The maximum Gasteiger partial charge on any atom is 0.312 e. The number of anilines is 1. The standard InChI is InChI=1S/C24H28N2O4/c1-4-19-12-8-9-16(2)22(19)25-23(28)17(3)30-24(29)20-13-21(27)26(15-20)14-18-10-6-5-7-11-18/h5-12,17,20H,4,13-15H2,1-3H3,(H,25,28). The molecule has 0 bridgehead atoms. The van der Waals surface area contributed by atoms with Gasteiger partial charge in [-0.25, -0.2) is 0 Å². The number of carbonyl (C=O) groups excluding carboxylic acids is 3. The van der Waals surface area contributed by atoms with Gasteiger partial charge in [-0.3, -0.25) is 14.4 Å². The summed E-state index contributed by atoms with van der Waals surface area (Å²) in [6, 6.07) is 15.5.